The van der Waals surface area contributed by atoms with E-state index in [4.69, 9.17) is 0 Å². The largest absolute Gasteiger partial charge is 0.344 e. The Morgan fingerprint density at radius 3 is 2.50 bits per heavy atom. The van der Waals surface area contributed by atoms with Gasteiger partial charge in [-0.2, -0.15) is 0 Å². The van der Waals surface area contributed by atoms with Gasteiger partial charge in [0, 0.05) is 40.5 Å². The summed E-state index contributed by atoms with van der Waals surface area (Å²) in [6, 6.07) is 14.4. The molecule has 1 amide bonds. The van der Waals surface area contributed by atoms with E-state index in [1.165, 1.54) is 21.8 Å². The topological polar surface area (TPSA) is 34.0 Å². The number of amides is 1. The summed E-state index contributed by atoms with van der Waals surface area (Å²) < 4.78 is 2.18. The third kappa shape index (κ3) is 1.95. The van der Waals surface area contributed by atoms with Crippen LogP contribution in [0.5, 0.6) is 0 Å². The van der Waals surface area contributed by atoms with Crippen molar-refractivity contribution in [1.29, 1.82) is 0 Å². The quantitative estimate of drug-likeness (QED) is 0.749. The molecule has 0 radical (unpaired) electrons. The molecule has 0 aliphatic carbocycles. The fraction of sp³-hybridized carbons (Fsp3) is 0.235. The number of anilines is 1. The Kier molecular flexibility index (Phi) is 2.97. The number of carbonyl (C=O) groups excluding carboxylic acids is 1. The number of rotatable bonds is 2. The first-order valence-electron chi connectivity index (χ1n) is 6.86. The summed E-state index contributed by atoms with van der Waals surface area (Å²) >= 11 is 0. The molecule has 0 unspecified atom stereocenters. The van der Waals surface area contributed by atoms with Gasteiger partial charge in [0.1, 0.15) is 0 Å². The molecule has 20 heavy (non-hydrogen) atoms. The van der Waals surface area contributed by atoms with Gasteiger partial charge in [0.15, 0.2) is 0 Å². The first-order chi connectivity index (χ1) is 9.58. The monoisotopic (exact) mass is 266 g/mol. The summed E-state index contributed by atoms with van der Waals surface area (Å²) in [5.41, 5.74) is 3.23. The van der Waals surface area contributed by atoms with Crippen LogP contribution in [-0.4, -0.2) is 10.5 Å². The Labute approximate surface area is 118 Å². The van der Waals surface area contributed by atoms with Crippen molar-refractivity contribution in [2.75, 3.05) is 5.32 Å². The molecule has 1 N–H and O–H groups in total. The second-order valence-electron chi connectivity index (χ2n) is 5.45. The number of hydrogen-bond acceptors (Lipinski definition) is 1. The lowest BCUT2D eigenvalue weighted by molar-refractivity contribution is -0.118. The van der Waals surface area contributed by atoms with Crippen molar-refractivity contribution >= 4 is 33.4 Å². The third-order valence-electron chi connectivity index (χ3n) is 3.71. The summed E-state index contributed by atoms with van der Waals surface area (Å²) in [6.07, 6.45) is 0. The Morgan fingerprint density at radius 1 is 1.05 bits per heavy atom. The average molecular weight is 266 g/mol. The minimum Gasteiger partial charge on any atom is -0.344 e. The number of benzene rings is 2. The average Bonchev–Trinajstić information content (AvgIpc) is 2.73. The molecule has 0 spiro atoms. The van der Waals surface area contributed by atoms with Crippen LogP contribution in [0.25, 0.3) is 21.8 Å². The molecule has 0 bridgehead atoms. The van der Waals surface area contributed by atoms with E-state index in [1.807, 2.05) is 32.0 Å². The number of aromatic nitrogens is 1. The van der Waals surface area contributed by atoms with E-state index in [9.17, 15) is 4.79 Å². The van der Waals surface area contributed by atoms with Crippen LogP contribution in [0.1, 0.15) is 13.8 Å². The zero-order valence-corrected chi connectivity index (χ0v) is 12.0. The molecule has 0 atom stereocenters. The fourth-order valence-electron chi connectivity index (χ4n) is 2.53. The number of carbonyl (C=O) groups is 1. The molecule has 0 saturated carbocycles. The van der Waals surface area contributed by atoms with Gasteiger partial charge in [-0.25, -0.2) is 0 Å². The Morgan fingerprint density at radius 2 is 1.75 bits per heavy atom. The number of aryl methyl sites for hydroxylation is 1. The summed E-state index contributed by atoms with van der Waals surface area (Å²) in [5.74, 6) is 0.0304. The van der Waals surface area contributed by atoms with E-state index in [0.717, 1.165) is 5.69 Å². The molecule has 3 rings (SSSR count). The van der Waals surface area contributed by atoms with Gasteiger partial charge >= 0.3 is 0 Å². The molecule has 3 heteroatoms. The van der Waals surface area contributed by atoms with Crippen molar-refractivity contribution < 1.29 is 4.79 Å². The minimum absolute atomic E-state index is 0.0155. The van der Waals surface area contributed by atoms with Crippen molar-refractivity contribution in [2.24, 2.45) is 13.0 Å². The van der Waals surface area contributed by atoms with Gasteiger partial charge in [-0.1, -0.05) is 32.0 Å². The van der Waals surface area contributed by atoms with Crippen molar-refractivity contribution in [2.45, 2.75) is 13.8 Å². The smallest absolute Gasteiger partial charge is 0.226 e. The zero-order valence-electron chi connectivity index (χ0n) is 12.0. The molecule has 2 aromatic carbocycles. The van der Waals surface area contributed by atoms with E-state index >= 15 is 0 Å². The maximum atomic E-state index is 11.8. The molecule has 0 aliphatic heterocycles. The maximum Gasteiger partial charge on any atom is 0.226 e. The maximum absolute atomic E-state index is 11.8. The first kappa shape index (κ1) is 12.7. The van der Waals surface area contributed by atoms with Gasteiger partial charge in [-0.15, -0.1) is 0 Å². The predicted molar refractivity (Wildman–Crippen MR) is 83.9 cm³/mol. The molecule has 1 aromatic heterocycles. The number of fused-ring (bicyclic) bond motifs is 3. The molecule has 0 aliphatic rings. The van der Waals surface area contributed by atoms with E-state index in [1.54, 1.807) is 0 Å². The SMILES string of the molecule is CC(C)C(=O)Nc1ccc2c(c1)c1ccccc1n2C. The minimum atomic E-state index is -0.0155. The predicted octanol–water partition coefficient (Wildman–Crippen LogP) is 3.93. The van der Waals surface area contributed by atoms with Crippen molar-refractivity contribution in [3.05, 3.63) is 42.5 Å². The Bertz CT molecular complexity index is 799. The van der Waals surface area contributed by atoms with Crippen LogP contribution in [0, 0.1) is 5.92 Å². The van der Waals surface area contributed by atoms with Crippen LogP contribution >= 0.6 is 0 Å². The highest BCUT2D eigenvalue weighted by atomic mass is 16.1. The van der Waals surface area contributed by atoms with Gasteiger partial charge in [-0.05, 0) is 24.3 Å². The summed E-state index contributed by atoms with van der Waals surface area (Å²) in [6.45, 7) is 3.79. The first-order valence-corrected chi connectivity index (χ1v) is 6.86. The van der Waals surface area contributed by atoms with Crippen LogP contribution in [0.2, 0.25) is 0 Å². The van der Waals surface area contributed by atoms with Crippen LogP contribution in [0.15, 0.2) is 42.5 Å². The highest BCUT2D eigenvalue weighted by Gasteiger charge is 2.10. The molecule has 3 nitrogen and oxygen atoms in total. The fourth-order valence-corrected chi connectivity index (χ4v) is 2.53. The van der Waals surface area contributed by atoms with Gasteiger partial charge in [-0.3, -0.25) is 4.79 Å². The molecule has 0 fully saturated rings. The normalized spacial score (nSPS) is 11.4. The summed E-state index contributed by atoms with van der Waals surface area (Å²) in [4.78, 5) is 11.8. The molecule has 1 heterocycles. The third-order valence-corrected chi connectivity index (χ3v) is 3.71. The Balaban J connectivity index is 2.15. The lowest BCUT2D eigenvalue weighted by Crippen LogP contribution is -2.17. The zero-order chi connectivity index (χ0) is 14.3. The van der Waals surface area contributed by atoms with E-state index < -0.39 is 0 Å². The van der Waals surface area contributed by atoms with E-state index in [2.05, 4.69) is 41.2 Å². The van der Waals surface area contributed by atoms with E-state index in [0.29, 0.717) is 0 Å². The van der Waals surface area contributed by atoms with Gasteiger partial charge in [0.2, 0.25) is 5.91 Å². The standard InChI is InChI=1S/C17H18N2O/c1-11(2)17(20)18-12-8-9-16-14(10-12)13-6-4-5-7-15(13)19(16)3/h4-11H,1-3H3,(H,18,20). The van der Waals surface area contributed by atoms with Gasteiger partial charge < -0.3 is 9.88 Å². The number of nitrogens with zero attached hydrogens (tertiary/aromatic N) is 1. The number of para-hydroxylation sites is 1. The Hall–Kier alpha value is -2.29. The molecule has 3 aromatic rings. The summed E-state index contributed by atoms with van der Waals surface area (Å²) in [7, 11) is 2.07. The van der Waals surface area contributed by atoms with Crippen LogP contribution in [0.3, 0.4) is 0 Å². The highest BCUT2D eigenvalue weighted by molar-refractivity contribution is 6.09. The second-order valence-corrected chi connectivity index (χ2v) is 5.45. The van der Waals surface area contributed by atoms with Crippen LogP contribution in [-0.2, 0) is 11.8 Å². The van der Waals surface area contributed by atoms with Gasteiger partial charge in [0.05, 0.1) is 0 Å². The molecular weight excluding hydrogens is 248 g/mol. The van der Waals surface area contributed by atoms with Crippen LogP contribution < -0.4 is 5.32 Å². The molecular formula is C17H18N2O. The van der Waals surface area contributed by atoms with Crippen molar-refractivity contribution in [1.82, 2.24) is 4.57 Å². The highest BCUT2D eigenvalue weighted by Crippen LogP contribution is 2.30. The van der Waals surface area contributed by atoms with Crippen molar-refractivity contribution in [3.63, 3.8) is 0 Å². The second kappa shape index (κ2) is 4.67. The molecule has 0 saturated heterocycles. The lowest BCUT2D eigenvalue weighted by atomic mass is 10.1. The number of hydrogen-bond donors (Lipinski definition) is 1. The van der Waals surface area contributed by atoms with Crippen LogP contribution in [0.4, 0.5) is 5.69 Å². The van der Waals surface area contributed by atoms with E-state index in [-0.39, 0.29) is 11.8 Å². The molecule has 102 valence electrons. The van der Waals surface area contributed by atoms with Crippen molar-refractivity contribution in [3.8, 4) is 0 Å². The number of nitrogens with one attached hydrogen (secondary N) is 1. The summed E-state index contributed by atoms with van der Waals surface area (Å²) in [5, 5.41) is 5.34. The lowest BCUT2D eigenvalue weighted by Gasteiger charge is -2.08. The van der Waals surface area contributed by atoms with Gasteiger partial charge in [0.25, 0.3) is 0 Å².